The summed E-state index contributed by atoms with van der Waals surface area (Å²) in [6.07, 6.45) is 0.648. The van der Waals surface area contributed by atoms with Gasteiger partial charge in [-0.25, -0.2) is 4.39 Å². The van der Waals surface area contributed by atoms with Gasteiger partial charge in [-0.05, 0) is 47.2 Å². The number of phenols is 2. The van der Waals surface area contributed by atoms with Crippen molar-refractivity contribution < 1.29 is 14.6 Å². The number of halogens is 1. The largest absolute Gasteiger partial charge is 0.508 e. The first-order valence-electron chi connectivity index (χ1n) is 6.15. The summed E-state index contributed by atoms with van der Waals surface area (Å²) in [5, 5.41) is 18.5. The molecule has 0 fully saturated rings. The second-order valence-corrected chi connectivity index (χ2v) is 5.39. The van der Waals surface area contributed by atoms with Crippen LogP contribution in [0.2, 0.25) is 0 Å². The van der Waals surface area contributed by atoms with Crippen molar-refractivity contribution in [1.29, 1.82) is 0 Å². The van der Waals surface area contributed by atoms with Gasteiger partial charge in [-0.15, -0.1) is 0 Å². The molecular formula is C16H17FO2. The molecule has 0 aromatic heterocycles. The quantitative estimate of drug-likeness (QED) is 0.882. The number of aromatic hydroxyl groups is 2. The minimum atomic E-state index is -0.598. The monoisotopic (exact) mass is 260 g/mol. The Kier molecular flexibility index (Phi) is 3.47. The molecule has 2 rings (SSSR count). The first-order valence-corrected chi connectivity index (χ1v) is 6.15. The Balaban J connectivity index is 2.25. The minimum absolute atomic E-state index is 0.183. The lowest BCUT2D eigenvalue weighted by molar-refractivity contribution is 0.430. The fraction of sp³-hybridized carbons (Fsp3) is 0.250. The van der Waals surface area contributed by atoms with E-state index >= 15 is 0 Å². The smallest absolute Gasteiger partial charge is 0.165 e. The summed E-state index contributed by atoms with van der Waals surface area (Å²) in [6, 6.07) is 11.5. The van der Waals surface area contributed by atoms with Gasteiger partial charge in [0.05, 0.1) is 0 Å². The van der Waals surface area contributed by atoms with Gasteiger partial charge in [0.15, 0.2) is 11.6 Å². The Bertz CT molecular complexity index is 574. The third-order valence-corrected chi connectivity index (χ3v) is 3.31. The zero-order valence-corrected chi connectivity index (χ0v) is 11.0. The van der Waals surface area contributed by atoms with Gasteiger partial charge in [-0.1, -0.05) is 32.0 Å². The normalized spacial score (nSPS) is 11.5. The zero-order valence-electron chi connectivity index (χ0n) is 11.0. The van der Waals surface area contributed by atoms with Gasteiger partial charge in [0.1, 0.15) is 5.75 Å². The molecule has 0 bridgehead atoms. The molecule has 0 aliphatic rings. The summed E-state index contributed by atoms with van der Waals surface area (Å²) in [5.74, 6) is -0.694. The van der Waals surface area contributed by atoms with E-state index in [1.54, 1.807) is 18.2 Å². The molecule has 2 aromatic carbocycles. The minimum Gasteiger partial charge on any atom is -0.508 e. The van der Waals surface area contributed by atoms with E-state index in [4.69, 9.17) is 0 Å². The summed E-state index contributed by atoms with van der Waals surface area (Å²) in [6.45, 7) is 4.12. The van der Waals surface area contributed by atoms with Crippen molar-refractivity contribution in [3.05, 3.63) is 59.4 Å². The molecule has 0 saturated carbocycles. The zero-order chi connectivity index (χ0) is 14.0. The van der Waals surface area contributed by atoms with E-state index in [0.717, 1.165) is 11.1 Å². The van der Waals surface area contributed by atoms with Crippen molar-refractivity contribution in [2.24, 2.45) is 0 Å². The van der Waals surface area contributed by atoms with Gasteiger partial charge in [0.25, 0.3) is 0 Å². The van der Waals surface area contributed by atoms with E-state index < -0.39 is 5.82 Å². The van der Waals surface area contributed by atoms with Gasteiger partial charge in [0, 0.05) is 0 Å². The van der Waals surface area contributed by atoms with Crippen LogP contribution < -0.4 is 0 Å². The molecule has 0 atom stereocenters. The molecule has 0 radical (unpaired) electrons. The van der Waals surface area contributed by atoms with Crippen LogP contribution in [-0.4, -0.2) is 10.2 Å². The molecule has 0 aliphatic heterocycles. The van der Waals surface area contributed by atoms with Crippen molar-refractivity contribution in [3.8, 4) is 11.5 Å². The number of benzene rings is 2. The predicted molar refractivity (Wildman–Crippen MR) is 72.9 cm³/mol. The fourth-order valence-electron chi connectivity index (χ4n) is 2.19. The van der Waals surface area contributed by atoms with E-state index in [1.165, 1.54) is 12.1 Å². The molecule has 0 heterocycles. The van der Waals surface area contributed by atoms with Crippen LogP contribution >= 0.6 is 0 Å². The highest BCUT2D eigenvalue weighted by atomic mass is 19.1. The van der Waals surface area contributed by atoms with E-state index in [-0.39, 0.29) is 16.9 Å². The van der Waals surface area contributed by atoms with Crippen LogP contribution in [0.5, 0.6) is 11.5 Å². The van der Waals surface area contributed by atoms with Gasteiger partial charge in [-0.2, -0.15) is 0 Å². The first-order chi connectivity index (χ1) is 8.88. The molecule has 100 valence electrons. The van der Waals surface area contributed by atoms with E-state index in [9.17, 15) is 14.6 Å². The second-order valence-electron chi connectivity index (χ2n) is 5.39. The van der Waals surface area contributed by atoms with Crippen LogP contribution in [0.4, 0.5) is 4.39 Å². The predicted octanol–water partition coefficient (Wildman–Crippen LogP) is 3.76. The van der Waals surface area contributed by atoms with E-state index in [1.807, 2.05) is 12.1 Å². The molecular weight excluding hydrogens is 243 g/mol. The van der Waals surface area contributed by atoms with E-state index in [2.05, 4.69) is 13.8 Å². The third-order valence-electron chi connectivity index (χ3n) is 3.31. The van der Waals surface area contributed by atoms with Crippen molar-refractivity contribution >= 4 is 0 Å². The summed E-state index contributed by atoms with van der Waals surface area (Å²) >= 11 is 0. The third kappa shape index (κ3) is 3.05. The highest BCUT2D eigenvalue weighted by Crippen LogP contribution is 2.30. The second kappa shape index (κ2) is 4.92. The number of phenolic OH excluding ortho intramolecular Hbond substituents is 2. The van der Waals surface area contributed by atoms with Crippen molar-refractivity contribution in [3.63, 3.8) is 0 Å². The molecule has 2 N–H and O–H groups in total. The van der Waals surface area contributed by atoms with Crippen LogP contribution in [-0.2, 0) is 11.8 Å². The van der Waals surface area contributed by atoms with Gasteiger partial charge < -0.3 is 10.2 Å². The Morgan fingerprint density at radius 2 is 1.63 bits per heavy atom. The molecule has 0 amide bonds. The molecule has 0 aliphatic carbocycles. The number of hydrogen-bond donors (Lipinski definition) is 2. The number of rotatable bonds is 3. The summed E-state index contributed by atoms with van der Waals surface area (Å²) in [7, 11) is 0. The van der Waals surface area contributed by atoms with Gasteiger partial charge >= 0.3 is 0 Å². The highest BCUT2D eigenvalue weighted by Gasteiger charge is 2.21. The maximum atomic E-state index is 13.3. The maximum Gasteiger partial charge on any atom is 0.165 e. The first kappa shape index (κ1) is 13.4. The summed E-state index contributed by atoms with van der Waals surface area (Å²) < 4.78 is 13.3. The van der Waals surface area contributed by atoms with Crippen LogP contribution in [0.15, 0.2) is 42.5 Å². The average molecular weight is 260 g/mol. The summed E-state index contributed by atoms with van der Waals surface area (Å²) in [5.41, 5.74) is 1.71. The fourth-order valence-corrected chi connectivity index (χ4v) is 2.19. The van der Waals surface area contributed by atoms with Crippen molar-refractivity contribution in [2.75, 3.05) is 0 Å². The lowest BCUT2D eigenvalue weighted by atomic mass is 9.79. The molecule has 2 aromatic rings. The topological polar surface area (TPSA) is 40.5 Å². The summed E-state index contributed by atoms with van der Waals surface area (Å²) in [4.78, 5) is 0. The van der Waals surface area contributed by atoms with E-state index in [0.29, 0.717) is 6.42 Å². The lowest BCUT2D eigenvalue weighted by Gasteiger charge is -2.25. The van der Waals surface area contributed by atoms with Crippen LogP contribution in [0.1, 0.15) is 25.0 Å². The highest BCUT2D eigenvalue weighted by molar-refractivity contribution is 5.34. The Morgan fingerprint density at radius 3 is 2.21 bits per heavy atom. The standard InChI is InChI=1S/C16H17FO2/c1-16(2,12-4-6-13(18)7-5-12)10-11-3-8-15(19)14(17)9-11/h3-9,18-19H,10H2,1-2H3. The number of hydrogen-bond acceptors (Lipinski definition) is 2. The maximum absolute atomic E-state index is 13.3. The molecule has 0 unspecified atom stereocenters. The SMILES string of the molecule is CC(C)(Cc1ccc(O)c(F)c1)c1ccc(O)cc1. The molecule has 0 spiro atoms. The molecule has 0 saturated heterocycles. The molecule has 19 heavy (non-hydrogen) atoms. The Morgan fingerprint density at radius 1 is 1.00 bits per heavy atom. The Hall–Kier alpha value is -2.03. The average Bonchev–Trinajstić information content (AvgIpc) is 2.34. The molecule has 2 nitrogen and oxygen atoms in total. The van der Waals surface area contributed by atoms with Crippen LogP contribution in [0.3, 0.4) is 0 Å². The van der Waals surface area contributed by atoms with Gasteiger partial charge in [0.2, 0.25) is 0 Å². The lowest BCUT2D eigenvalue weighted by Crippen LogP contribution is -2.20. The van der Waals surface area contributed by atoms with Crippen LogP contribution in [0.25, 0.3) is 0 Å². The van der Waals surface area contributed by atoms with Crippen LogP contribution in [0, 0.1) is 5.82 Å². The van der Waals surface area contributed by atoms with Crippen molar-refractivity contribution in [1.82, 2.24) is 0 Å². The molecule has 3 heteroatoms. The van der Waals surface area contributed by atoms with Gasteiger partial charge in [-0.3, -0.25) is 0 Å². The van der Waals surface area contributed by atoms with Crippen molar-refractivity contribution in [2.45, 2.75) is 25.7 Å². The Labute approximate surface area is 112 Å².